The van der Waals surface area contributed by atoms with E-state index in [2.05, 4.69) is 16.6 Å². The molecule has 0 aliphatic heterocycles. The molecule has 0 saturated carbocycles. The summed E-state index contributed by atoms with van der Waals surface area (Å²) in [4.78, 5) is 35.6. The molecule has 166 valence electrons. The van der Waals surface area contributed by atoms with E-state index < -0.39 is 23.5 Å². The lowest BCUT2D eigenvalue weighted by molar-refractivity contribution is -0.130. The van der Waals surface area contributed by atoms with Crippen LogP contribution < -0.4 is 10.6 Å². The number of carboxylic acid groups (broad SMARTS) is 1. The first-order valence-electron chi connectivity index (χ1n) is 9.98. The third-order valence-corrected chi connectivity index (χ3v) is 5.19. The predicted octanol–water partition coefficient (Wildman–Crippen LogP) is 2.13. The van der Waals surface area contributed by atoms with Gasteiger partial charge in [0.1, 0.15) is 12.1 Å². The molecule has 0 aromatic heterocycles. The Morgan fingerprint density at radius 2 is 1.66 bits per heavy atom. The van der Waals surface area contributed by atoms with Gasteiger partial charge in [-0.1, -0.05) is 54.5 Å². The minimum atomic E-state index is -1.43. The number of carbonyl (C=O) groups excluding carboxylic acids is 2. The molecule has 2 aromatic carbocycles. The van der Waals surface area contributed by atoms with Crippen LogP contribution in [0.4, 0.5) is 4.79 Å². The van der Waals surface area contributed by atoms with E-state index in [9.17, 15) is 14.4 Å². The third-order valence-electron chi connectivity index (χ3n) is 5.19. The van der Waals surface area contributed by atoms with Gasteiger partial charge in [-0.25, -0.2) is 9.59 Å². The zero-order chi connectivity index (χ0) is 23.1. The van der Waals surface area contributed by atoms with Gasteiger partial charge in [0.2, 0.25) is 5.91 Å². The van der Waals surface area contributed by atoms with Crippen molar-refractivity contribution >= 4 is 18.0 Å². The Bertz CT molecular complexity index is 1040. The SMILES string of the molecule is COCC(C)(NC(=O)OCC1c2ccccc2-c2ccccc21)C(=O)NCC#CC(=O)O. The highest BCUT2D eigenvalue weighted by Crippen LogP contribution is 2.44. The second kappa shape index (κ2) is 9.98. The van der Waals surface area contributed by atoms with E-state index >= 15 is 0 Å². The summed E-state index contributed by atoms with van der Waals surface area (Å²) in [6.07, 6.45) is -0.766. The van der Waals surface area contributed by atoms with Crippen molar-refractivity contribution in [3.8, 4) is 23.0 Å². The van der Waals surface area contributed by atoms with Crippen LogP contribution in [-0.2, 0) is 19.1 Å². The highest BCUT2D eigenvalue weighted by molar-refractivity contribution is 5.90. The molecule has 0 radical (unpaired) electrons. The van der Waals surface area contributed by atoms with Crippen LogP contribution in [0.15, 0.2) is 48.5 Å². The van der Waals surface area contributed by atoms with Crippen molar-refractivity contribution in [2.45, 2.75) is 18.4 Å². The van der Waals surface area contributed by atoms with Crippen LogP contribution in [0, 0.1) is 11.8 Å². The zero-order valence-electron chi connectivity index (χ0n) is 17.8. The van der Waals surface area contributed by atoms with Gasteiger partial charge < -0.3 is 25.2 Å². The number of carboxylic acids is 1. The number of carbonyl (C=O) groups is 3. The highest BCUT2D eigenvalue weighted by atomic mass is 16.5. The fourth-order valence-electron chi connectivity index (χ4n) is 3.75. The van der Waals surface area contributed by atoms with Gasteiger partial charge in [-0.15, -0.1) is 0 Å². The van der Waals surface area contributed by atoms with Gasteiger partial charge >= 0.3 is 12.1 Å². The maximum absolute atomic E-state index is 12.6. The molecular weight excluding hydrogens is 412 g/mol. The molecule has 0 spiro atoms. The lowest BCUT2D eigenvalue weighted by Gasteiger charge is -2.28. The standard InChI is InChI=1S/C24H24N2O6/c1-24(15-31-2,22(29)25-13-7-12-21(27)28)26-23(30)32-14-20-18-10-5-3-8-16(18)17-9-4-6-11-19(17)20/h3-6,8-11,20H,13-15H2,1-2H3,(H,25,29)(H,26,30)(H,27,28). The minimum absolute atomic E-state index is 0.106. The van der Waals surface area contributed by atoms with E-state index in [1.165, 1.54) is 14.0 Å². The van der Waals surface area contributed by atoms with Crippen LogP contribution >= 0.6 is 0 Å². The minimum Gasteiger partial charge on any atom is -0.472 e. The molecule has 1 atom stereocenters. The van der Waals surface area contributed by atoms with Crippen molar-refractivity contribution < 1.29 is 29.0 Å². The Hall–Kier alpha value is -3.83. The van der Waals surface area contributed by atoms with Gasteiger partial charge in [-0.2, -0.15) is 0 Å². The Labute approximate surface area is 185 Å². The first kappa shape index (κ1) is 22.8. The van der Waals surface area contributed by atoms with E-state index in [1.807, 2.05) is 54.5 Å². The number of methoxy groups -OCH3 is 1. The van der Waals surface area contributed by atoms with Crippen LogP contribution in [0.1, 0.15) is 24.0 Å². The average molecular weight is 436 g/mol. The summed E-state index contributed by atoms with van der Waals surface area (Å²) in [5.41, 5.74) is 2.96. The largest absolute Gasteiger partial charge is 0.472 e. The van der Waals surface area contributed by atoms with Gasteiger partial charge in [0.15, 0.2) is 0 Å². The van der Waals surface area contributed by atoms with E-state index in [4.69, 9.17) is 14.6 Å². The number of benzene rings is 2. The molecule has 1 aliphatic rings. The zero-order valence-corrected chi connectivity index (χ0v) is 17.8. The van der Waals surface area contributed by atoms with Crippen LogP contribution in [0.3, 0.4) is 0 Å². The lowest BCUT2D eigenvalue weighted by Crippen LogP contribution is -2.59. The highest BCUT2D eigenvalue weighted by Gasteiger charge is 2.36. The molecule has 2 amide bonds. The van der Waals surface area contributed by atoms with Crippen LogP contribution in [0.2, 0.25) is 0 Å². The summed E-state index contributed by atoms with van der Waals surface area (Å²) in [5.74, 6) is 2.22. The molecule has 32 heavy (non-hydrogen) atoms. The van der Waals surface area contributed by atoms with Crippen LogP contribution in [0.25, 0.3) is 11.1 Å². The second-order valence-corrected chi connectivity index (χ2v) is 7.51. The quantitative estimate of drug-likeness (QED) is 0.573. The molecule has 2 aromatic rings. The number of amides is 2. The summed E-state index contributed by atoms with van der Waals surface area (Å²) >= 11 is 0. The van der Waals surface area contributed by atoms with E-state index in [-0.39, 0.29) is 25.7 Å². The number of rotatable bonds is 7. The summed E-state index contributed by atoms with van der Waals surface area (Å²) < 4.78 is 10.6. The van der Waals surface area contributed by atoms with Gasteiger partial charge in [-0.3, -0.25) is 4.79 Å². The first-order chi connectivity index (χ1) is 15.4. The van der Waals surface area contributed by atoms with Crippen molar-refractivity contribution in [3.63, 3.8) is 0 Å². The number of fused-ring (bicyclic) bond motifs is 3. The van der Waals surface area contributed by atoms with Crippen molar-refractivity contribution in [2.75, 3.05) is 26.9 Å². The summed E-state index contributed by atoms with van der Waals surface area (Å²) in [7, 11) is 1.40. The average Bonchev–Trinajstić information content (AvgIpc) is 3.09. The maximum atomic E-state index is 12.6. The van der Waals surface area contributed by atoms with Gasteiger partial charge in [0, 0.05) is 18.9 Å². The van der Waals surface area contributed by atoms with Crippen molar-refractivity contribution in [1.29, 1.82) is 0 Å². The smallest absolute Gasteiger partial charge is 0.408 e. The number of ether oxygens (including phenoxy) is 2. The first-order valence-corrected chi connectivity index (χ1v) is 9.98. The Morgan fingerprint density at radius 1 is 1.06 bits per heavy atom. The van der Waals surface area contributed by atoms with Gasteiger partial charge in [0.05, 0.1) is 13.2 Å². The third kappa shape index (κ3) is 5.07. The van der Waals surface area contributed by atoms with Gasteiger partial charge in [-0.05, 0) is 29.2 Å². The summed E-state index contributed by atoms with van der Waals surface area (Å²) in [6, 6.07) is 16.0. The lowest BCUT2D eigenvalue weighted by atomic mass is 9.98. The Balaban J connectivity index is 1.65. The molecule has 0 heterocycles. The molecule has 1 aliphatic carbocycles. The Morgan fingerprint density at radius 3 is 2.22 bits per heavy atom. The molecule has 0 bridgehead atoms. The topological polar surface area (TPSA) is 114 Å². The number of aliphatic carboxylic acids is 1. The molecule has 1 unspecified atom stereocenters. The van der Waals surface area contributed by atoms with E-state index in [0.29, 0.717) is 0 Å². The van der Waals surface area contributed by atoms with Crippen molar-refractivity contribution in [2.24, 2.45) is 0 Å². The van der Waals surface area contributed by atoms with Crippen LogP contribution in [-0.4, -0.2) is 55.5 Å². The second-order valence-electron chi connectivity index (χ2n) is 7.51. The molecule has 8 heteroatoms. The van der Waals surface area contributed by atoms with E-state index in [1.54, 1.807) is 0 Å². The predicted molar refractivity (Wildman–Crippen MR) is 117 cm³/mol. The molecule has 0 fully saturated rings. The molecule has 8 nitrogen and oxygen atoms in total. The van der Waals surface area contributed by atoms with Crippen molar-refractivity contribution in [3.05, 3.63) is 59.7 Å². The molecule has 0 saturated heterocycles. The van der Waals surface area contributed by atoms with Crippen molar-refractivity contribution in [1.82, 2.24) is 10.6 Å². The number of alkyl carbamates (subject to hydrolysis) is 1. The maximum Gasteiger partial charge on any atom is 0.408 e. The van der Waals surface area contributed by atoms with E-state index in [0.717, 1.165) is 22.3 Å². The Kier molecular flexibility index (Phi) is 7.13. The fraction of sp³-hybridized carbons (Fsp3) is 0.292. The monoisotopic (exact) mass is 436 g/mol. The molecule has 3 rings (SSSR count). The summed E-state index contributed by atoms with van der Waals surface area (Å²) in [6.45, 7) is 1.29. The summed E-state index contributed by atoms with van der Waals surface area (Å²) in [5, 5.41) is 13.6. The molecular formula is C24H24N2O6. The molecule has 3 N–H and O–H groups in total. The van der Waals surface area contributed by atoms with Crippen LogP contribution in [0.5, 0.6) is 0 Å². The van der Waals surface area contributed by atoms with Gasteiger partial charge in [0.25, 0.3) is 0 Å². The number of hydrogen-bond acceptors (Lipinski definition) is 5. The normalized spacial score (nSPS) is 13.6. The number of nitrogens with one attached hydrogen (secondary N) is 2. The fourth-order valence-corrected chi connectivity index (χ4v) is 3.75. The number of hydrogen-bond donors (Lipinski definition) is 3.